The van der Waals surface area contributed by atoms with Crippen LogP contribution in [0.3, 0.4) is 0 Å². The maximum atomic E-state index is 12.2. The Kier molecular flexibility index (Phi) is 8.59. The number of likely N-dealkylation sites (N-methyl/N-ethyl adjacent to an activating group) is 1. The minimum Gasteiger partial charge on any atom is -0.352 e. The molecule has 0 saturated carbocycles. The zero-order valence-electron chi connectivity index (χ0n) is 14.5. The van der Waals surface area contributed by atoms with E-state index in [2.05, 4.69) is 35.4 Å². The highest BCUT2D eigenvalue weighted by Gasteiger charge is 2.18. The Balaban J connectivity index is 0.00000264. The first-order valence-corrected chi connectivity index (χ1v) is 8.35. The summed E-state index contributed by atoms with van der Waals surface area (Å²) in [6, 6.07) is 8.61. The second-order valence-electron chi connectivity index (χ2n) is 6.67. The average Bonchev–Trinajstić information content (AvgIpc) is 2.53. The Morgan fingerprint density at radius 3 is 2.87 bits per heavy atom. The van der Waals surface area contributed by atoms with Gasteiger partial charge in [-0.05, 0) is 50.0 Å². The maximum absolute atomic E-state index is 12.2. The maximum Gasteiger partial charge on any atom is 0.251 e. The number of halogens is 1. The third-order valence-corrected chi connectivity index (χ3v) is 4.18. The van der Waals surface area contributed by atoms with Gasteiger partial charge in [-0.15, -0.1) is 12.4 Å². The van der Waals surface area contributed by atoms with Crippen molar-refractivity contribution in [3.63, 3.8) is 0 Å². The molecule has 0 bridgehead atoms. The predicted molar refractivity (Wildman–Crippen MR) is 98.2 cm³/mol. The third-order valence-electron chi connectivity index (χ3n) is 4.18. The molecular weight excluding hydrogens is 310 g/mol. The molecule has 1 aliphatic heterocycles. The topological polar surface area (TPSA) is 44.4 Å². The summed E-state index contributed by atoms with van der Waals surface area (Å²) in [4.78, 5) is 14.6. The fourth-order valence-corrected chi connectivity index (χ4v) is 2.90. The van der Waals surface area contributed by atoms with Gasteiger partial charge in [0.2, 0.25) is 0 Å². The van der Waals surface area contributed by atoms with E-state index in [-0.39, 0.29) is 18.3 Å². The van der Waals surface area contributed by atoms with Crippen molar-refractivity contribution < 1.29 is 4.79 Å². The summed E-state index contributed by atoms with van der Waals surface area (Å²) in [5.41, 5.74) is 1.98. The second kappa shape index (κ2) is 9.91. The molecule has 130 valence electrons. The average molecular weight is 340 g/mol. The van der Waals surface area contributed by atoms with E-state index in [0.717, 1.165) is 31.7 Å². The molecule has 1 aromatic rings. The van der Waals surface area contributed by atoms with Crippen molar-refractivity contribution >= 4 is 18.3 Å². The lowest BCUT2D eigenvalue weighted by atomic mass is 10.0. The first kappa shape index (κ1) is 19.9. The molecule has 1 heterocycles. The van der Waals surface area contributed by atoms with Crippen LogP contribution in [0, 0.1) is 5.92 Å². The van der Waals surface area contributed by atoms with E-state index in [0.29, 0.717) is 12.0 Å². The van der Waals surface area contributed by atoms with Crippen LogP contribution < -0.4 is 10.6 Å². The molecule has 23 heavy (non-hydrogen) atoms. The SMILES string of the molecule is CNC1CCCN(Cc2cccc(C(=O)NCC(C)C)c2)C1.Cl. The quantitative estimate of drug-likeness (QED) is 0.837. The van der Waals surface area contributed by atoms with Crippen molar-refractivity contribution in [2.75, 3.05) is 26.7 Å². The minimum atomic E-state index is 0. The highest BCUT2D eigenvalue weighted by molar-refractivity contribution is 5.94. The highest BCUT2D eigenvalue weighted by Crippen LogP contribution is 2.14. The molecule has 1 fully saturated rings. The lowest BCUT2D eigenvalue weighted by Crippen LogP contribution is -2.43. The number of rotatable bonds is 6. The van der Waals surface area contributed by atoms with Crippen LogP contribution in [0.25, 0.3) is 0 Å². The normalized spacial score (nSPS) is 18.5. The summed E-state index contributed by atoms with van der Waals surface area (Å²) in [5, 5.41) is 6.35. The monoisotopic (exact) mass is 339 g/mol. The molecule has 1 saturated heterocycles. The summed E-state index contributed by atoms with van der Waals surface area (Å²) < 4.78 is 0. The Morgan fingerprint density at radius 1 is 1.39 bits per heavy atom. The van der Waals surface area contributed by atoms with Crippen molar-refractivity contribution in [2.45, 2.75) is 39.3 Å². The summed E-state index contributed by atoms with van der Waals surface area (Å²) in [6.07, 6.45) is 2.49. The molecule has 0 aliphatic carbocycles. The van der Waals surface area contributed by atoms with Crippen LogP contribution in [-0.2, 0) is 6.54 Å². The molecule has 2 rings (SSSR count). The van der Waals surface area contributed by atoms with Gasteiger partial charge in [-0.1, -0.05) is 26.0 Å². The zero-order chi connectivity index (χ0) is 15.9. The smallest absolute Gasteiger partial charge is 0.251 e. The van der Waals surface area contributed by atoms with Crippen LogP contribution in [0.4, 0.5) is 0 Å². The van der Waals surface area contributed by atoms with Gasteiger partial charge in [0.1, 0.15) is 0 Å². The van der Waals surface area contributed by atoms with E-state index in [9.17, 15) is 4.79 Å². The second-order valence-corrected chi connectivity index (χ2v) is 6.67. The van der Waals surface area contributed by atoms with Gasteiger partial charge in [0.05, 0.1) is 0 Å². The van der Waals surface area contributed by atoms with Gasteiger partial charge in [0.25, 0.3) is 5.91 Å². The van der Waals surface area contributed by atoms with Gasteiger partial charge < -0.3 is 10.6 Å². The molecule has 1 amide bonds. The number of nitrogens with zero attached hydrogens (tertiary/aromatic N) is 1. The molecule has 2 N–H and O–H groups in total. The molecule has 0 radical (unpaired) electrons. The zero-order valence-corrected chi connectivity index (χ0v) is 15.3. The lowest BCUT2D eigenvalue weighted by molar-refractivity contribution is 0.0948. The minimum absolute atomic E-state index is 0. The molecule has 4 nitrogen and oxygen atoms in total. The largest absolute Gasteiger partial charge is 0.352 e. The highest BCUT2D eigenvalue weighted by atomic mass is 35.5. The molecular formula is C18H30ClN3O. The van der Waals surface area contributed by atoms with E-state index in [1.54, 1.807) is 0 Å². The summed E-state index contributed by atoms with van der Waals surface area (Å²) in [6.45, 7) is 8.07. The standard InChI is InChI=1S/C18H29N3O.ClH/c1-14(2)11-20-18(22)16-7-4-6-15(10-16)12-21-9-5-8-17(13-21)19-3;/h4,6-7,10,14,17,19H,5,8-9,11-13H2,1-3H3,(H,20,22);1H. The number of nitrogens with one attached hydrogen (secondary N) is 2. The Morgan fingerprint density at radius 2 is 2.17 bits per heavy atom. The molecule has 1 atom stereocenters. The molecule has 5 heteroatoms. The predicted octanol–water partition coefficient (Wildman–Crippen LogP) is 2.68. The van der Waals surface area contributed by atoms with Gasteiger partial charge >= 0.3 is 0 Å². The van der Waals surface area contributed by atoms with E-state index in [1.165, 1.54) is 18.4 Å². The number of carbonyl (C=O) groups excluding carboxylic acids is 1. The molecule has 1 unspecified atom stereocenters. The Labute approximate surface area is 146 Å². The summed E-state index contributed by atoms with van der Waals surface area (Å²) in [5.74, 6) is 0.501. The molecule has 1 aromatic carbocycles. The number of hydrogen-bond donors (Lipinski definition) is 2. The van der Waals surface area contributed by atoms with E-state index in [1.807, 2.05) is 25.2 Å². The first-order valence-electron chi connectivity index (χ1n) is 8.35. The Bertz CT molecular complexity index is 493. The van der Waals surface area contributed by atoms with Gasteiger partial charge in [0, 0.05) is 31.2 Å². The first-order chi connectivity index (χ1) is 10.6. The summed E-state index contributed by atoms with van der Waals surface area (Å²) in [7, 11) is 2.04. The van der Waals surface area contributed by atoms with E-state index in [4.69, 9.17) is 0 Å². The van der Waals surface area contributed by atoms with Crippen LogP contribution in [0.15, 0.2) is 24.3 Å². The molecule has 0 aromatic heterocycles. The van der Waals surface area contributed by atoms with Crippen molar-refractivity contribution in [3.05, 3.63) is 35.4 Å². The number of likely N-dealkylation sites (tertiary alicyclic amines) is 1. The van der Waals surface area contributed by atoms with Crippen LogP contribution in [-0.4, -0.2) is 43.5 Å². The summed E-state index contributed by atoms with van der Waals surface area (Å²) >= 11 is 0. The number of amides is 1. The van der Waals surface area contributed by atoms with Crippen molar-refractivity contribution in [1.82, 2.24) is 15.5 Å². The van der Waals surface area contributed by atoms with Gasteiger partial charge in [0.15, 0.2) is 0 Å². The van der Waals surface area contributed by atoms with Crippen molar-refractivity contribution in [3.8, 4) is 0 Å². The van der Waals surface area contributed by atoms with Crippen LogP contribution in [0.1, 0.15) is 42.6 Å². The van der Waals surface area contributed by atoms with Crippen LogP contribution in [0.5, 0.6) is 0 Å². The van der Waals surface area contributed by atoms with E-state index < -0.39 is 0 Å². The van der Waals surface area contributed by atoms with Gasteiger partial charge in [-0.3, -0.25) is 9.69 Å². The Hall–Kier alpha value is -1.10. The number of carbonyl (C=O) groups is 1. The van der Waals surface area contributed by atoms with Crippen LogP contribution in [0.2, 0.25) is 0 Å². The molecule has 1 aliphatic rings. The van der Waals surface area contributed by atoms with Crippen molar-refractivity contribution in [2.24, 2.45) is 5.92 Å². The third kappa shape index (κ3) is 6.50. The number of hydrogen-bond acceptors (Lipinski definition) is 3. The molecule has 0 spiro atoms. The van der Waals surface area contributed by atoms with Gasteiger partial charge in [-0.2, -0.15) is 0 Å². The van der Waals surface area contributed by atoms with E-state index >= 15 is 0 Å². The van der Waals surface area contributed by atoms with Crippen molar-refractivity contribution in [1.29, 1.82) is 0 Å². The fourth-order valence-electron chi connectivity index (χ4n) is 2.90. The lowest BCUT2D eigenvalue weighted by Gasteiger charge is -2.32. The van der Waals surface area contributed by atoms with Gasteiger partial charge in [-0.25, -0.2) is 0 Å². The number of benzene rings is 1. The fraction of sp³-hybridized carbons (Fsp3) is 0.611. The van der Waals surface area contributed by atoms with Crippen LogP contribution >= 0.6 is 12.4 Å². The number of piperidine rings is 1.